The lowest BCUT2D eigenvalue weighted by Gasteiger charge is -2.23. The Morgan fingerprint density at radius 2 is 1.80 bits per heavy atom. The Morgan fingerprint density at radius 3 is 2.47 bits per heavy atom. The number of hydrogen-bond acceptors (Lipinski definition) is 5. The van der Waals surface area contributed by atoms with Gasteiger partial charge in [0.2, 0.25) is 5.95 Å². The van der Waals surface area contributed by atoms with Crippen LogP contribution in [-0.2, 0) is 19.6 Å². The summed E-state index contributed by atoms with van der Waals surface area (Å²) in [6.45, 7) is 4.79. The Morgan fingerprint density at radius 1 is 1.07 bits per heavy atom. The van der Waals surface area contributed by atoms with Gasteiger partial charge < -0.3 is 10.4 Å². The minimum absolute atomic E-state index is 0.176. The van der Waals surface area contributed by atoms with Crippen LogP contribution in [0.15, 0.2) is 33.9 Å². The van der Waals surface area contributed by atoms with Crippen LogP contribution in [0.4, 0.5) is 5.95 Å². The summed E-state index contributed by atoms with van der Waals surface area (Å²) >= 11 is 0. The number of anilines is 1. The van der Waals surface area contributed by atoms with Gasteiger partial charge in [-0.05, 0) is 44.4 Å². The molecule has 0 radical (unpaired) electrons. The Hall–Kier alpha value is -3.03. The highest BCUT2D eigenvalue weighted by Crippen LogP contribution is 2.25. The molecule has 8 nitrogen and oxygen atoms in total. The molecule has 1 fully saturated rings. The van der Waals surface area contributed by atoms with Crippen molar-refractivity contribution in [1.29, 1.82) is 0 Å². The predicted molar refractivity (Wildman–Crippen MR) is 117 cm³/mol. The van der Waals surface area contributed by atoms with Crippen molar-refractivity contribution in [2.24, 2.45) is 0 Å². The molecule has 1 saturated carbocycles. The average molecular weight is 412 g/mol. The van der Waals surface area contributed by atoms with Gasteiger partial charge in [-0.2, -0.15) is 4.98 Å². The summed E-state index contributed by atoms with van der Waals surface area (Å²) < 4.78 is 4.68. The van der Waals surface area contributed by atoms with Gasteiger partial charge in [0.1, 0.15) is 5.75 Å². The number of imidazole rings is 1. The van der Waals surface area contributed by atoms with E-state index in [2.05, 4.69) is 5.32 Å². The SMILES string of the molecule is CCn1c(=O)c2c(nc(NC3CCCCC3)n2Cc2cccc(O)c2)n(CC)c1=O. The van der Waals surface area contributed by atoms with Crippen LogP contribution < -0.4 is 16.6 Å². The molecule has 2 heterocycles. The second-order valence-electron chi connectivity index (χ2n) is 7.92. The molecule has 8 heteroatoms. The first-order valence-electron chi connectivity index (χ1n) is 10.8. The van der Waals surface area contributed by atoms with Crippen LogP contribution in [0.1, 0.15) is 51.5 Å². The lowest BCUT2D eigenvalue weighted by atomic mass is 9.96. The third-order valence-electron chi connectivity index (χ3n) is 5.94. The molecule has 0 unspecified atom stereocenters. The maximum absolute atomic E-state index is 13.2. The molecular formula is C22H29N5O3. The first-order chi connectivity index (χ1) is 14.5. The fourth-order valence-corrected chi connectivity index (χ4v) is 4.39. The van der Waals surface area contributed by atoms with Gasteiger partial charge in [-0.15, -0.1) is 0 Å². The number of phenols is 1. The largest absolute Gasteiger partial charge is 0.508 e. The van der Waals surface area contributed by atoms with E-state index >= 15 is 0 Å². The summed E-state index contributed by atoms with van der Waals surface area (Å²) in [7, 11) is 0. The maximum Gasteiger partial charge on any atom is 0.332 e. The van der Waals surface area contributed by atoms with E-state index in [9.17, 15) is 14.7 Å². The average Bonchev–Trinajstić information content (AvgIpc) is 3.07. The van der Waals surface area contributed by atoms with E-state index in [1.807, 2.05) is 17.6 Å². The monoisotopic (exact) mass is 411 g/mol. The van der Waals surface area contributed by atoms with E-state index < -0.39 is 0 Å². The van der Waals surface area contributed by atoms with E-state index in [1.54, 1.807) is 29.7 Å². The highest BCUT2D eigenvalue weighted by atomic mass is 16.3. The smallest absolute Gasteiger partial charge is 0.332 e. The van der Waals surface area contributed by atoms with Gasteiger partial charge in [0.05, 0.1) is 6.54 Å². The summed E-state index contributed by atoms with van der Waals surface area (Å²) in [6.07, 6.45) is 5.72. The number of fused-ring (bicyclic) bond motifs is 1. The van der Waals surface area contributed by atoms with E-state index in [0.717, 1.165) is 18.4 Å². The van der Waals surface area contributed by atoms with Crippen LogP contribution in [0.25, 0.3) is 11.2 Å². The molecule has 30 heavy (non-hydrogen) atoms. The molecule has 0 saturated heterocycles. The highest BCUT2D eigenvalue weighted by molar-refractivity contribution is 5.74. The molecule has 1 aliphatic carbocycles. The second kappa shape index (κ2) is 8.38. The number of hydrogen-bond donors (Lipinski definition) is 2. The number of aromatic nitrogens is 4. The number of nitrogens with zero attached hydrogens (tertiary/aromatic N) is 4. The van der Waals surface area contributed by atoms with Crippen molar-refractivity contribution in [3.63, 3.8) is 0 Å². The lowest BCUT2D eigenvalue weighted by Crippen LogP contribution is -2.40. The van der Waals surface area contributed by atoms with Crippen molar-refractivity contribution in [2.75, 3.05) is 5.32 Å². The van der Waals surface area contributed by atoms with Gasteiger partial charge in [-0.3, -0.25) is 18.5 Å². The molecular weight excluding hydrogens is 382 g/mol. The Kier molecular flexibility index (Phi) is 5.65. The minimum Gasteiger partial charge on any atom is -0.508 e. The molecule has 0 atom stereocenters. The van der Waals surface area contributed by atoms with E-state index in [4.69, 9.17) is 4.98 Å². The van der Waals surface area contributed by atoms with Crippen molar-refractivity contribution in [3.8, 4) is 5.75 Å². The molecule has 160 valence electrons. The maximum atomic E-state index is 13.2. The van der Waals surface area contributed by atoms with Gasteiger partial charge >= 0.3 is 5.69 Å². The number of benzene rings is 1. The second-order valence-corrected chi connectivity index (χ2v) is 7.92. The molecule has 4 rings (SSSR count). The van der Waals surface area contributed by atoms with Gasteiger partial charge in [0.25, 0.3) is 5.56 Å². The molecule has 1 aromatic carbocycles. The molecule has 0 bridgehead atoms. The van der Waals surface area contributed by atoms with E-state index in [-0.39, 0.29) is 17.0 Å². The summed E-state index contributed by atoms with van der Waals surface area (Å²) in [5.41, 5.74) is 1.03. The van der Waals surface area contributed by atoms with Crippen molar-refractivity contribution < 1.29 is 5.11 Å². The lowest BCUT2D eigenvalue weighted by molar-refractivity contribution is 0.459. The van der Waals surface area contributed by atoms with Crippen molar-refractivity contribution >= 4 is 17.1 Å². The molecule has 0 aliphatic heterocycles. The zero-order valence-electron chi connectivity index (χ0n) is 17.6. The zero-order valence-corrected chi connectivity index (χ0v) is 17.6. The highest BCUT2D eigenvalue weighted by Gasteiger charge is 2.23. The van der Waals surface area contributed by atoms with Crippen LogP contribution >= 0.6 is 0 Å². The zero-order chi connectivity index (χ0) is 21.3. The summed E-state index contributed by atoms with van der Waals surface area (Å²) in [6, 6.07) is 7.29. The van der Waals surface area contributed by atoms with Gasteiger partial charge in [-0.1, -0.05) is 31.4 Å². The summed E-state index contributed by atoms with van der Waals surface area (Å²) in [4.78, 5) is 30.8. The number of nitrogens with one attached hydrogen (secondary N) is 1. The van der Waals surface area contributed by atoms with E-state index in [1.165, 1.54) is 23.8 Å². The van der Waals surface area contributed by atoms with Crippen LogP contribution in [0, 0.1) is 0 Å². The molecule has 3 aromatic rings. The Labute approximate surface area is 174 Å². The topological polar surface area (TPSA) is 94.1 Å². The fraction of sp³-hybridized carbons (Fsp3) is 0.500. The van der Waals surface area contributed by atoms with Crippen molar-refractivity contribution in [1.82, 2.24) is 18.7 Å². The fourth-order valence-electron chi connectivity index (χ4n) is 4.39. The van der Waals surface area contributed by atoms with Crippen LogP contribution in [0.3, 0.4) is 0 Å². The number of rotatable bonds is 6. The third-order valence-corrected chi connectivity index (χ3v) is 5.94. The van der Waals surface area contributed by atoms with Gasteiger partial charge in [0, 0.05) is 19.1 Å². The first kappa shape index (κ1) is 20.3. The quantitative estimate of drug-likeness (QED) is 0.650. The van der Waals surface area contributed by atoms with E-state index in [0.29, 0.717) is 42.8 Å². The van der Waals surface area contributed by atoms with Crippen LogP contribution in [0.2, 0.25) is 0 Å². The van der Waals surface area contributed by atoms with Crippen LogP contribution in [0.5, 0.6) is 5.75 Å². The summed E-state index contributed by atoms with van der Waals surface area (Å²) in [5, 5.41) is 13.4. The molecule has 1 aliphatic rings. The third kappa shape index (κ3) is 3.62. The first-order valence-corrected chi connectivity index (χ1v) is 10.8. The van der Waals surface area contributed by atoms with Crippen molar-refractivity contribution in [3.05, 3.63) is 50.7 Å². The predicted octanol–water partition coefficient (Wildman–Crippen LogP) is 2.90. The standard InChI is InChI=1S/C22H29N5O3/c1-3-25-19-18(20(29)26(4-2)22(25)30)27(14-15-9-8-12-17(28)13-15)21(24-19)23-16-10-6-5-7-11-16/h8-9,12-13,16,28H,3-7,10-11,14H2,1-2H3,(H,23,24). The number of phenolic OH excluding ortho intramolecular Hbond substituents is 1. The molecule has 2 aromatic heterocycles. The molecule has 0 spiro atoms. The number of aromatic hydroxyl groups is 1. The molecule has 2 N–H and O–H groups in total. The van der Waals surface area contributed by atoms with Gasteiger partial charge in [-0.25, -0.2) is 4.79 Å². The number of aryl methyl sites for hydroxylation is 1. The molecule has 0 amide bonds. The van der Waals surface area contributed by atoms with Gasteiger partial charge in [0.15, 0.2) is 11.2 Å². The van der Waals surface area contributed by atoms with Crippen molar-refractivity contribution in [2.45, 2.75) is 71.6 Å². The minimum atomic E-state index is -0.330. The Balaban J connectivity index is 1.92. The Bertz CT molecular complexity index is 1170. The van der Waals surface area contributed by atoms with Crippen LogP contribution in [-0.4, -0.2) is 29.8 Å². The normalized spacial score (nSPS) is 15.0. The summed E-state index contributed by atoms with van der Waals surface area (Å²) in [5.74, 6) is 0.781.